The van der Waals surface area contributed by atoms with Gasteiger partial charge in [-0.15, -0.1) is 0 Å². The number of fused-ring (bicyclic) bond motifs is 6. The van der Waals surface area contributed by atoms with E-state index in [1.807, 2.05) is 19.1 Å². The first-order valence-corrected chi connectivity index (χ1v) is 14.8. The van der Waals surface area contributed by atoms with E-state index in [0.29, 0.717) is 70.9 Å². The minimum Gasteiger partial charge on any atom is -0.490 e. The number of aryl methyl sites for hydroxylation is 1. The van der Waals surface area contributed by atoms with E-state index >= 15 is 0 Å². The lowest BCUT2D eigenvalue weighted by atomic mass is 10.0. The molecule has 4 bridgehead atoms. The molecule has 0 amide bonds. The van der Waals surface area contributed by atoms with Crippen molar-refractivity contribution >= 4 is 11.6 Å². The molecule has 0 spiro atoms. The van der Waals surface area contributed by atoms with E-state index in [0.717, 1.165) is 26.2 Å². The summed E-state index contributed by atoms with van der Waals surface area (Å²) in [5.41, 5.74) is 2.39. The Hall–Kier alpha value is -4.43. The maximum absolute atomic E-state index is 13.3. The second kappa shape index (κ2) is 12.9. The van der Waals surface area contributed by atoms with E-state index in [4.69, 9.17) is 19.2 Å². The van der Waals surface area contributed by atoms with Crippen LogP contribution in [0.1, 0.15) is 18.9 Å². The smallest absolute Gasteiger partial charge is 0.422 e. The Morgan fingerprint density at radius 1 is 1.02 bits per heavy atom. The van der Waals surface area contributed by atoms with Crippen LogP contribution in [0.4, 0.5) is 24.8 Å². The summed E-state index contributed by atoms with van der Waals surface area (Å²) in [6, 6.07) is 8.81. The number of alkyl halides is 3. The van der Waals surface area contributed by atoms with Crippen LogP contribution in [0.5, 0.6) is 17.4 Å². The van der Waals surface area contributed by atoms with Gasteiger partial charge >= 0.3 is 6.18 Å². The van der Waals surface area contributed by atoms with Crippen LogP contribution < -0.4 is 19.5 Å². The number of benzene rings is 1. The van der Waals surface area contributed by atoms with Crippen molar-refractivity contribution in [3.63, 3.8) is 0 Å². The first kappa shape index (κ1) is 30.6. The molecule has 2 aliphatic rings. The number of rotatable bonds is 5. The molecule has 1 atom stereocenters. The lowest BCUT2D eigenvalue weighted by Crippen LogP contribution is -2.43. The molecule has 1 saturated heterocycles. The van der Waals surface area contributed by atoms with E-state index in [1.165, 1.54) is 0 Å². The van der Waals surface area contributed by atoms with Crippen molar-refractivity contribution in [3.8, 4) is 39.9 Å². The minimum atomic E-state index is -4.49. The van der Waals surface area contributed by atoms with Gasteiger partial charge in [0.15, 0.2) is 12.4 Å². The number of likely N-dealkylation sites (N-methyl/N-ethyl adjacent to an activating group) is 1. The van der Waals surface area contributed by atoms with Crippen molar-refractivity contribution in [2.45, 2.75) is 32.2 Å². The quantitative estimate of drug-likeness (QED) is 0.329. The SMILES string of the molecule is C[C@H]1CCOc2c(cnn2C)-c2ncc(-c3ccc(CN4CCN(C)CC4)c(OCC(F)(F)F)c3)c(n2)Nc2cc(ccn2)O1. The van der Waals surface area contributed by atoms with E-state index in [1.54, 1.807) is 48.5 Å². The van der Waals surface area contributed by atoms with Crippen molar-refractivity contribution in [1.29, 1.82) is 0 Å². The lowest BCUT2D eigenvalue weighted by Gasteiger charge is -2.32. The number of halogens is 3. The Kier molecular flexibility index (Phi) is 8.76. The van der Waals surface area contributed by atoms with Gasteiger partial charge in [-0.25, -0.2) is 19.6 Å². The van der Waals surface area contributed by atoms with Crippen LogP contribution in [0, 0.1) is 0 Å². The highest BCUT2D eigenvalue weighted by atomic mass is 19.4. The number of hydrogen-bond acceptors (Lipinski definition) is 10. The van der Waals surface area contributed by atoms with Gasteiger partial charge in [0, 0.05) is 75.8 Å². The molecule has 0 radical (unpaired) electrons. The zero-order valence-corrected chi connectivity index (χ0v) is 25.3. The molecule has 1 N–H and O–H groups in total. The third-order valence-electron chi connectivity index (χ3n) is 7.75. The fraction of sp³-hybridized carbons (Fsp3) is 0.419. The Morgan fingerprint density at radius 3 is 2.64 bits per heavy atom. The highest BCUT2D eigenvalue weighted by molar-refractivity contribution is 5.80. The molecule has 1 aromatic carbocycles. The highest BCUT2D eigenvalue weighted by Gasteiger charge is 2.29. The van der Waals surface area contributed by atoms with Gasteiger partial charge in [0.25, 0.3) is 0 Å². The summed E-state index contributed by atoms with van der Waals surface area (Å²) >= 11 is 0. The number of ether oxygens (including phenoxy) is 3. The highest BCUT2D eigenvalue weighted by Crippen LogP contribution is 2.36. The normalized spacial score (nSPS) is 17.8. The number of pyridine rings is 1. The van der Waals surface area contributed by atoms with Crippen LogP contribution in [0.15, 0.2) is 48.9 Å². The van der Waals surface area contributed by atoms with Gasteiger partial charge in [-0.05, 0) is 31.7 Å². The van der Waals surface area contributed by atoms with Crippen LogP contribution in [-0.4, -0.2) is 93.3 Å². The van der Waals surface area contributed by atoms with Crippen molar-refractivity contribution in [1.82, 2.24) is 34.5 Å². The molecule has 2 aliphatic heterocycles. The van der Waals surface area contributed by atoms with Crippen LogP contribution >= 0.6 is 0 Å². The fourth-order valence-corrected chi connectivity index (χ4v) is 5.25. The zero-order chi connectivity index (χ0) is 31.6. The second-order valence-electron chi connectivity index (χ2n) is 11.3. The largest absolute Gasteiger partial charge is 0.490 e. The fourth-order valence-electron chi connectivity index (χ4n) is 5.25. The predicted octanol–water partition coefficient (Wildman–Crippen LogP) is 4.92. The average Bonchev–Trinajstić information content (AvgIpc) is 3.37. The number of nitrogens with zero attached hydrogens (tertiary/aromatic N) is 7. The Balaban J connectivity index is 1.41. The van der Waals surface area contributed by atoms with Gasteiger partial charge in [0.05, 0.1) is 18.9 Å². The number of piperazine rings is 1. The molecule has 14 heteroatoms. The minimum absolute atomic E-state index is 0.135. The summed E-state index contributed by atoms with van der Waals surface area (Å²) in [5, 5.41) is 7.62. The van der Waals surface area contributed by atoms with Crippen LogP contribution in [0.25, 0.3) is 22.5 Å². The first-order chi connectivity index (χ1) is 21.6. The van der Waals surface area contributed by atoms with Crippen molar-refractivity contribution in [2.24, 2.45) is 7.05 Å². The number of nitrogens with one attached hydrogen (secondary N) is 1. The number of anilines is 2. The molecule has 11 nitrogen and oxygen atoms in total. The second-order valence-corrected chi connectivity index (χ2v) is 11.3. The molecular weight excluding hydrogens is 589 g/mol. The van der Waals surface area contributed by atoms with Crippen molar-refractivity contribution in [3.05, 3.63) is 54.5 Å². The third kappa shape index (κ3) is 7.45. The molecule has 4 aromatic rings. The standard InChI is InChI=1S/C31H35F3N8O3/c1-20-7-13-43-30-25(17-37-41(30)3)28-36-16-24(29(39-28)38-27-15-23(45-20)6-8-35-27)21-4-5-22(18-42-11-9-40(2)10-12-42)26(14-21)44-19-31(32,33)34/h4-6,8,14-17,20H,7,9-13,18-19H2,1-3H3,(H,35,36,38,39)/t20-/m0/s1. The van der Waals surface area contributed by atoms with E-state index in [-0.39, 0.29) is 11.9 Å². The van der Waals surface area contributed by atoms with Gasteiger partial charge in [-0.1, -0.05) is 12.1 Å². The third-order valence-corrected chi connectivity index (χ3v) is 7.75. The van der Waals surface area contributed by atoms with Gasteiger partial charge in [-0.3, -0.25) is 4.90 Å². The van der Waals surface area contributed by atoms with E-state index in [9.17, 15) is 13.2 Å². The monoisotopic (exact) mass is 624 g/mol. The van der Waals surface area contributed by atoms with Crippen LogP contribution in [0.3, 0.4) is 0 Å². The predicted molar refractivity (Wildman–Crippen MR) is 162 cm³/mol. The summed E-state index contributed by atoms with van der Waals surface area (Å²) in [4.78, 5) is 18.3. The molecule has 5 heterocycles. The van der Waals surface area contributed by atoms with Gasteiger partial charge in [0.1, 0.15) is 28.7 Å². The number of hydrogen-bond donors (Lipinski definition) is 1. The maximum Gasteiger partial charge on any atom is 0.422 e. The molecule has 45 heavy (non-hydrogen) atoms. The Morgan fingerprint density at radius 2 is 1.84 bits per heavy atom. The lowest BCUT2D eigenvalue weighted by molar-refractivity contribution is -0.153. The van der Waals surface area contributed by atoms with Crippen molar-refractivity contribution in [2.75, 3.05) is 51.8 Å². The Bertz CT molecular complexity index is 1640. The zero-order valence-electron chi connectivity index (χ0n) is 25.3. The van der Waals surface area contributed by atoms with E-state index < -0.39 is 12.8 Å². The summed E-state index contributed by atoms with van der Waals surface area (Å²) in [7, 11) is 3.83. The van der Waals surface area contributed by atoms with Gasteiger partial charge < -0.3 is 24.4 Å². The summed E-state index contributed by atoms with van der Waals surface area (Å²) in [6.07, 6.45) is 0.896. The summed E-state index contributed by atoms with van der Waals surface area (Å²) in [6.45, 7) is 4.83. The van der Waals surface area contributed by atoms with Crippen LogP contribution in [0.2, 0.25) is 0 Å². The van der Waals surface area contributed by atoms with Crippen LogP contribution in [-0.2, 0) is 13.6 Å². The molecule has 238 valence electrons. The van der Waals surface area contributed by atoms with Gasteiger partial charge in [0.2, 0.25) is 5.88 Å². The molecule has 0 unspecified atom stereocenters. The molecular formula is C31H35F3N8O3. The first-order valence-electron chi connectivity index (χ1n) is 14.8. The number of aromatic nitrogens is 5. The van der Waals surface area contributed by atoms with Crippen molar-refractivity contribution < 1.29 is 27.4 Å². The summed E-state index contributed by atoms with van der Waals surface area (Å²) < 4.78 is 59.0. The molecule has 6 rings (SSSR count). The van der Waals surface area contributed by atoms with E-state index in [2.05, 4.69) is 37.2 Å². The topological polar surface area (TPSA) is 103 Å². The summed E-state index contributed by atoms with van der Waals surface area (Å²) in [5.74, 6) is 2.51. The molecule has 0 saturated carbocycles. The maximum atomic E-state index is 13.3. The molecule has 0 aliphatic carbocycles. The Labute approximate surface area is 259 Å². The molecule has 3 aromatic heterocycles. The van der Waals surface area contributed by atoms with Gasteiger partial charge in [-0.2, -0.15) is 18.3 Å². The average molecular weight is 625 g/mol. The molecule has 1 fully saturated rings.